The average Bonchev–Trinajstić information content (AvgIpc) is 2.81. The van der Waals surface area contributed by atoms with Crippen LogP contribution in [-0.2, 0) is 0 Å². The van der Waals surface area contributed by atoms with Crippen molar-refractivity contribution in [2.24, 2.45) is 0 Å². The van der Waals surface area contributed by atoms with E-state index in [1.165, 1.54) is 62.7 Å². The number of rotatable bonds is 16. The second kappa shape index (κ2) is 18.8. The van der Waals surface area contributed by atoms with Gasteiger partial charge < -0.3 is 14.5 Å². The third-order valence-electron chi connectivity index (χ3n) is 5.77. The van der Waals surface area contributed by atoms with Crippen molar-refractivity contribution in [1.29, 1.82) is 0 Å². The predicted molar refractivity (Wildman–Crippen MR) is 152 cm³/mol. The van der Waals surface area contributed by atoms with Gasteiger partial charge in [-0.3, -0.25) is 0 Å². The number of ether oxygens (including phenoxy) is 1. The monoisotopic (exact) mass is 496 g/mol. The second-order valence-electron chi connectivity index (χ2n) is 8.48. The molecule has 0 fully saturated rings. The number of unbranched alkanes of at least 4 members (excludes halogenated alkanes) is 4. The summed E-state index contributed by atoms with van der Waals surface area (Å²) in [7, 11) is 0. The quantitative estimate of drug-likeness (QED) is 0.230. The van der Waals surface area contributed by atoms with E-state index >= 15 is 0 Å². The van der Waals surface area contributed by atoms with Gasteiger partial charge in [0, 0.05) is 37.6 Å². The van der Waals surface area contributed by atoms with Crippen LogP contribution in [0.4, 0.5) is 11.4 Å². The van der Waals surface area contributed by atoms with Gasteiger partial charge in [0.25, 0.3) is 0 Å². The van der Waals surface area contributed by atoms with E-state index in [-0.39, 0.29) is 24.8 Å². The molecule has 188 valence electrons. The van der Waals surface area contributed by atoms with Gasteiger partial charge in [0.15, 0.2) is 0 Å². The summed E-state index contributed by atoms with van der Waals surface area (Å²) in [6.45, 7) is 13.5. The lowest BCUT2D eigenvalue weighted by Gasteiger charge is -2.25. The summed E-state index contributed by atoms with van der Waals surface area (Å²) in [5.74, 6) is 1.80. The fourth-order valence-corrected chi connectivity index (χ4v) is 3.72. The van der Waals surface area contributed by atoms with E-state index in [4.69, 9.17) is 4.74 Å². The van der Waals surface area contributed by atoms with Gasteiger partial charge in [0.2, 0.25) is 0 Å². The molecule has 0 saturated heterocycles. The SMILES string of the molecule is CCCCN(CCCC)c1ccc(Oc2ccc(N(CCCC)CCCC)cc2)cc1.Cl.Cl. The van der Waals surface area contributed by atoms with E-state index < -0.39 is 0 Å². The summed E-state index contributed by atoms with van der Waals surface area (Å²) < 4.78 is 6.14. The molecule has 0 heterocycles. The highest BCUT2D eigenvalue weighted by molar-refractivity contribution is 5.85. The van der Waals surface area contributed by atoms with Gasteiger partial charge in [-0.05, 0) is 74.2 Å². The Morgan fingerprint density at radius 1 is 0.485 bits per heavy atom. The van der Waals surface area contributed by atoms with Crippen molar-refractivity contribution < 1.29 is 4.74 Å². The van der Waals surface area contributed by atoms with Crippen LogP contribution in [0.1, 0.15) is 79.1 Å². The number of anilines is 2. The Bertz CT molecular complexity index is 629. The molecule has 5 heteroatoms. The maximum atomic E-state index is 6.14. The molecular weight excluding hydrogens is 451 g/mol. The minimum Gasteiger partial charge on any atom is -0.457 e. The molecule has 3 nitrogen and oxygen atoms in total. The summed E-state index contributed by atoms with van der Waals surface area (Å²) in [5, 5.41) is 0. The maximum Gasteiger partial charge on any atom is 0.127 e. The molecule has 2 aromatic rings. The van der Waals surface area contributed by atoms with Crippen LogP contribution in [0.15, 0.2) is 48.5 Å². The number of hydrogen-bond acceptors (Lipinski definition) is 3. The largest absolute Gasteiger partial charge is 0.457 e. The third-order valence-corrected chi connectivity index (χ3v) is 5.77. The average molecular weight is 498 g/mol. The molecule has 0 amide bonds. The molecule has 0 atom stereocenters. The highest BCUT2D eigenvalue weighted by Gasteiger charge is 2.08. The van der Waals surface area contributed by atoms with Crippen molar-refractivity contribution >= 4 is 36.2 Å². The van der Waals surface area contributed by atoms with E-state index in [0.29, 0.717) is 0 Å². The van der Waals surface area contributed by atoms with Gasteiger partial charge in [0.1, 0.15) is 11.5 Å². The molecule has 2 aromatic carbocycles. The Kier molecular flexibility index (Phi) is 17.9. The number of nitrogens with zero attached hydrogens (tertiary/aromatic N) is 2. The Labute approximate surface area is 215 Å². The molecule has 33 heavy (non-hydrogen) atoms. The summed E-state index contributed by atoms with van der Waals surface area (Å²) in [4.78, 5) is 5.01. The molecule has 0 aliphatic heterocycles. The van der Waals surface area contributed by atoms with Crippen molar-refractivity contribution in [3.8, 4) is 11.5 Å². The van der Waals surface area contributed by atoms with E-state index in [9.17, 15) is 0 Å². The highest BCUT2D eigenvalue weighted by Crippen LogP contribution is 2.27. The second-order valence-corrected chi connectivity index (χ2v) is 8.48. The summed E-state index contributed by atoms with van der Waals surface area (Å²) in [6.07, 6.45) is 9.87. The van der Waals surface area contributed by atoms with E-state index in [2.05, 4.69) is 86.0 Å². The molecular formula is C28H46Cl2N2O. The van der Waals surface area contributed by atoms with Crippen LogP contribution in [0.2, 0.25) is 0 Å². The van der Waals surface area contributed by atoms with Crippen molar-refractivity contribution in [2.75, 3.05) is 36.0 Å². The van der Waals surface area contributed by atoms with Crippen LogP contribution < -0.4 is 14.5 Å². The Morgan fingerprint density at radius 3 is 1.00 bits per heavy atom. The van der Waals surface area contributed by atoms with Gasteiger partial charge in [-0.2, -0.15) is 0 Å². The normalized spacial score (nSPS) is 10.2. The van der Waals surface area contributed by atoms with Gasteiger partial charge >= 0.3 is 0 Å². The van der Waals surface area contributed by atoms with Gasteiger partial charge in [0.05, 0.1) is 0 Å². The standard InChI is InChI=1S/C28H44N2O.2ClH/c1-5-9-21-29(22-10-6-2)25-13-17-27(18-14-25)31-28-19-15-26(16-20-28)30(23-11-7-3)24-12-8-4;;/h13-20H,5-12,21-24H2,1-4H3;2*1H. The molecule has 0 unspecified atom stereocenters. The molecule has 0 spiro atoms. The van der Waals surface area contributed by atoms with Crippen LogP contribution in [0.3, 0.4) is 0 Å². The van der Waals surface area contributed by atoms with Gasteiger partial charge in [-0.25, -0.2) is 0 Å². The molecule has 0 aliphatic carbocycles. The minimum absolute atomic E-state index is 0. The van der Waals surface area contributed by atoms with Crippen molar-refractivity contribution in [1.82, 2.24) is 0 Å². The highest BCUT2D eigenvalue weighted by atomic mass is 35.5. The van der Waals surface area contributed by atoms with Crippen molar-refractivity contribution in [2.45, 2.75) is 79.1 Å². The number of benzene rings is 2. The molecule has 0 radical (unpaired) electrons. The predicted octanol–water partition coefficient (Wildman–Crippen LogP) is 9.14. The van der Waals surface area contributed by atoms with Gasteiger partial charge in [-0.15, -0.1) is 24.8 Å². The zero-order chi connectivity index (χ0) is 22.3. The Balaban J connectivity index is 0.00000512. The number of halogens is 2. The minimum atomic E-state index is 0. The summed E-state index contributed by atoms with van der Waals surface area (Å²) in [5.41, 5.74) is 2.60. The zero-order valence-corrected chi connectivity index (χ0v) is 22.9. The summed E-state index contributed by atoms with van der Waals surface area (Å²) >= 11 is 0. The van der Waals surface area contributed by atoms with Crippen LogP contribution in [0, 0.1) is 0 Å². The number of hydrogen-bond donors (Lipinski definition) is 0. The van der Waals surface area contributed by atoms with Crippen LogP contribution in [0.5, 0.6) is 11.5 Å². The fourth-order valence-electron chi connectivity index (χ4n) is 3.72. The Hall–Kier alpha value is -1.58. The molecule has 0 aliphatic rings. The van der Waals surface area contributed by atoms with Crippen molar-refractivity contribution in [3.63, 3.8) is 0 Å². The van der Waals surface area contributed by atoms with Gasteiger partial charge in [-0.1, -0.05) is 53.4 Å². The first-order chi connectivity index (χ1) is 15.2. The van der Waals surface area contributed by atoms with Crippen LogP contribution in [0.25, 0.3) is 0 Å². The topological polar surface area (TPSA) is 15.7 Å². The Morgan fingerprint density at radius 2 is 0.758 bits per heavy atom. The van der Waals surface area contributed by atoms with Crippen LogP contribution in [-0.4, -0.2) is 26.2 Å². The van der Waals surface area contributed by atoms with Crippen LogP contribution >= 0.6 is 24.8 Å². The maximum absolute atomic E-state index is 6.14. The summed E-state index contributed by atoms with van der Waals surface area (Å²) in [6, 6.07) is 17.2. The molecule has 0 saturated carbocycles. The third kappa shape index (κ3) is 11.4. The zero-order valence-electron chi connectivity index (χ0n) is 21.2. The lowest BCUT2D eigenvalue weighted by Crippen LogP contribution is -2.25. The molecule has 0 N–H and O–H groups in total. The van der Waals surface area contributed by atoms with E-state index in [0.717, 1.165) is 37.7 Å². The molecule has 2 rings (SSSR count). The fraction of sp³-hybridized carbons (Fsp3) is 0.571. The smallest absolute Gasteiger partial charge is 0.127 e. The molecule has 0 bridgehead atoms. The molecule has 0 aromatic heterocycles. The first-order valence-electron chi connectivity index (χ1n) is 12.6. The van der Waals surface area contributed by atoms with E-state index in [1.54, 1.807) is 0 Å². The van der Waals surface area contributed by atoms with E-state index in [1.807, 2.05) is 0 Å². The first-order valence-corrected chi connectivity index (χ1v) is 12.6. The lowest BCUT2D eigenvalue weighted by atomic mass is 10.2. The van der Waals surface area contributed by atoms with Crippen molar-refractivity contribution in [3.05, 3.63) is 48.5 Å². The first kappa shape index (κ1) is 31.4. The lowest BCUT2D eigenvalue weighted by molar-refractivity contribution is 0.482.